The highest BCUT2D eigenvalue weighted by molar-refractivity contribution is 7.89. The predicted octanol–water partition coefficient (Wildman–Crippen LogP) is 2.69. The lowest BCUT2D eigenvalue weighted by atomic mass is 9.88. The number of nitrogens with one attached hydrogen (secondary N) is 1. The fourth-order valence-electron chi connectivity index (χ4n) is 2.91. The average molecular weight is 296 g/mol. The van der Waals surface area contributed by atoms with Gasteiger partial charge in [0, 0.05) is 11.7 Å². The number of nitrogens with two attached hydrogens (primary N) is 1. The number of benzene rings is 1. The number of aryl methyl sites for hydroxylation is 1. The third-order valence-electron chi connectivity index (χ3n) is 4.32. The lowest BCUT2D eigenvalue weighted by Crippen LogP contribution is -2.41. The molecule has 1 aliphatic rings. The van der Waals surface area contributed by atoms with E-state index in [-0.39, 0.29) is 11.5 Å². The molecule has 0 heterocycles. The van der Waals surface area contributed by atoms with Crippen molar-refractivity contribution in [1.29, 1.82) is 0 Å². The number of sulfonamides is 1. The summed E-state index contributed by atoms with van der Waals surface area (Å²) in [6.45, 7) is 6.19. The van der Waals surface area contributed by atoms with E-state index in [0.717, 1.165) is 24.8 Å². The Morgan fingerprint density at radius 2 is 2.10 bits per heavy atom. The van der Waals surface area contributed by atoms with Gasteiger partial charge < -0.3 is 5.73 Å². The highest BCUT2D eigenvalue weighted by atomic mass is 32.2. The first-order valence-electron chi connectivity index (χ1n) is 7.17. The van der Waals surface area contributed by atoms with E-state index in [0.29, 0.717) is 17.0 Å². The summed E-state index contributed by atoms with van der Waals surface area (Å²) in [6, 6.07) is 5.10. The van der Waals surface area contributed by atoms with Gasteiger partial charge in [-0.15, -0.1) is 0 Å². The first-order chi connectivity index (χ1) is 9.26. The summed E-state index contributed by atoms with van der Waals surface area (Å²) in [5, 5.41) is 0. The summed E-state index contributed by atoms with van der Waals surface area (Å²) >= 11 is 0. The van der Waals surface area contributed by atoms with Crippen molar-refractivity contribution in [3.8, 4) is 0 Å². The number of anilines is 1. The molecule has 2 rings (SSSR count). The molecule has 4 nitrogen and oxygen atoms in total. The molecule has 5 heteroatoms. The second-order valence-electron chi connectivity index (χ2n) is 6.28. The zero-order valence-corrected chi connectivity index (χ0v) is 13.3. The van der Waals surface area contributed by atoms with Crippen molar-refractivity contribution >= 4 is 15.7 Å². The van der Waals surface area contributed by atoms with Crippen LogP contribution < -0.4 is 10.5 Å². The van der Waals surface area contributed by atoms with Crippen molar-refractivity contribution in [3.05, 3.63) is 23.8 Å². The van der Waals surface area contributed by atoms with Crippen molar-refractivity contribution in [3.63, 3.8) is 0 Å². The lowest BCUT2D eigenvalue weighted by Gasteiger charge is -2.28. The third kappa shape index (κ3) is 2.99. The van der Waals surface area contributed by atoms with Gasteiger partial charge in [-0.1, -0.05) is 33.3 Å². The molecule has 1 aromatic rings. The molecule has 20 heavy (non-hydrogen) atoms. The zero-order valence-electron chi connectivity index (χ0n) is 12.4. The number of hydrogen-bond acceptors (Lipinski definition) is 3. The van der Waals surface area contributed by atoms with Gasteiger partial charge >= 0.3 is 0 Å². The van der Waals surface area contributed by atoms with E-state index in [2.05, 4.69) is 18.6 Å². The second kappa shape index (κ2) is 5.37. The summed E-state index contributed by atoms with van der Waals surface area (Å²) in [7, 11) is -3.51. The van der Waals surface area contributed by atoms with Crippen LogP contribution in [0.1, 0.15) is 45.6 Å². The largest absolute Gasteiger partial charge is 0.399 e. The molecule has 0 aliphatic heterocycles. The summed E-state index contributed by atoms with van der Waals surface area (Å²) in [5.41, 5.74) is 7.05. The van der Waals surface area contributed by atoms with Crippen molar-refractivity contribution in [2.24, 2.45) is 5.41 Å². The summed E-state index contributed by atoms with van der Waals surface area (Å²) in [4.78, 5) is 0.322. The Kier molecular flexibility index (Phi) is 4.12. The minimum Gasteiger partial charge on any atom is -0.399 e. The maximum Gasteiger partial charge on any atom is 0.241 e. The Morgan fingerprint density at radius 1 is 1.40 bits per heavy atom. The van der Waals surface area contributed by atoms with E-state index in [1.807, 2.05) is 6.92 Å². The van der Waals surface area contributed by atoms with E-state index < -0.39 is 10.0 Å². The normalized spacial score (nSPS) is 22.1. The second-order valence-corrected chi connectivity index (χ2v) is 7.96. The van der Waals surface area contributed by atoms with E-state index >= 15 is 0 Å². The van der Waals surface area contributed by atoms with Gasteiger partial charge in [0.2, 0.25) is 10.0 Å². The van der Waals surface area contributed by atoms with Crippen molar-refractivity contribution in [2.45, 2.75) is 57.4 Å². The SMILES string of the molecule is CCc1ccc(N)cc1S(=O)(=O)NC1CCCC1(C)C. The zero-order chi connectivity index (χ0) is 15.0. The molecule has 1 fully saturated rings. The molecule has 1 atom stereocenters. The molecule has 0 bridgehead atoms. The van der Waals surface area contributed by atoms with Gasteiger partial charge in [-0.05, 0) is 42.4 Å². The van der Waals surface area contributed by atoms with E-state index in [9.17, 15) is 8.42 Å². The predicted molar refractivity (Wildman–Crippen MR) is 82.0 cm³/mol. The average Bonchev–Trinajstić information content (AvgIpc) is 2.68. The quantitative estimate of drug-likeness (QED) is 0.839. The Hall–Kier alpha value is -1.07. The molecule has 1 unspecified atom stereocenters. The smallest absolute Gasteiger partial charge is 0.241 e. The number of rotatable bonds is 4. The lowest BCUT2D eigenvalue weighted by molar-refractivity contribution is 0.313. The van der Waals surface area contributed by atoms with Crippen LogP contribution in [0.3, 0.4) is 0 Å². The Labute approximate surface area is 121 Å². The van der Waals surface area contributed by atoms with Crippen molar-refractivity contribution in [2.75, 3.05) is 5.73 Å². The molecule has 0 amide bonds. The maximum atomic E-state index is 12.6. The van der Waals surface area contributed by atoms with Gasteiger partial charge in [-0.25, -0.2) is 13.1 Å². The summed E-state index contributed by atoms with van der Waals surface area (Å²) < 4.78 is 28.2. The fourth-order valence-corrected chi connectivity index (χ4v) is 4.70. The number of hydrogen-bond donors (Lipinski definition) is 2. The van der Waals surface area contributed by atoms with Crippen LogP contribution in [0.15, 0.2) is 23.1 Å². The topological polar surface area (TPSA) is 72.2 Å². The standard InChI is InChI=1S/C15H24N2O2S/c1-4-11-7-8-12(16)10-13(11)20(18,19)17-14-6-5-9-15(14,2)3/h7-8,10,14,17H,4-6,9,16H2,1-3H3. The molecule has 1 saturated carbocycles. The van der Waals surface area contributed by atoms with Crippen LogP contribution in [0.25, 0.3) is 0 Å². The highest BCUT2D eigenvalue weighted by Gasteiger charge is 2.37. The Balaban J connectivity index is 2.34. The first-order valence-corrected chi connectivity index (χ1v) is 8.65. The van der Waals surface area contributed by atoms with Crippen LogP contribution in [-0.4, -0.2) is 14.5 Å². The van der Waals surface area contributed by atoms with Crippen molar-refractivity contribution < 1.29 is 8.42 Å². The van der Waals surface area contributed by atoms with Crippen LogP contribution >= 0.6 is 0 Å². The minimum absolute atomic E-state index is 0.00126. The van der Waals surface area contributed by atoms with E-state index in [4.69, 9.17) is 5.73 Å². The maximum absolute atomic E-state index is 12.6. The molecule has 0 saturated heterocycles. The van der Waals surface area contributed by atoms with Gasteiger partial charge in [0.15, 0.2) is 0 Å². The Morgan fingerprint density at radius 3 is 2.65 bits per heavy atom. The van der Waals surface area contributed by atoms with Gasteiger partial charge in [-0.2, -0.15) is 0 Å². The highest BCUT2D eigenvalue weighted by Crippen LogP contribution is 2.38. The number of nitrogen functional groups attached to an aromatic ring is 1. The van der Waals surface area contributed by atoms with Crippen LogP contribution in [0.5, 0.6) is 0 Å². The fraction of sp³-hybridized carbons (Fsp3) is 0.600. The summed E-state index contributed by atoms with van der Waals surface area (Å²) in [5.74, 6) is 0. The van der Waals surface area contributed by atoms with Crippen LogP contribution in [-0.2, 0) is 16.4 Å². The van der Waals surface area contributed by atoms with Gasteiger partial charge in [0.05, 0.1) is 4.90 Å². The molecule has 0 aromatic heterocycles. The van der Waals surface area contributed by atoms with Gasteiger partial charge in [0.1, 0.15) is 0 Å². The van der Waals surface area contributed by atoms with Crippen LogP contribution in [0.2, 0.25) is 0 Å². The molecule has 112 valence electrons. The van der Waals surface area contributed by atoms with Crippen molar-refractivity contribution in [1.82, 2.24) is 4.72 Å². The monoisotopic (exact) mass is 296 g/mol. The van der Waals surface area contributed by atoms with E-state index in [1.54, 1.807) is 18.2 Å². The molecular formula is C15H24N2O2S. The molecule has 1 aromatic carbocycles. The first kappa shape index (κ1) is 15.3. The third-order valence-corrected chi connectivity index (χ3v) is 5.87. The minimum atomic E-state index is -3.51. The Bertz CT molecular complexity index is 594. The molecular weight excluding hydrogens is 272 g/mol. The van der Waals surface area contributed by atoms with Gasteiger partial charge in [-0.3, -0.25) is 0 Å². The van der Waals surface area contributed by atoms with Crippen LogP contribution in [0, 0.1) is 5.41 Å². The van der Waals surface area contributed by atoms with Crippen LogP contribution in [0.4, 0.5) is 5.69 Å². The van der Waals surface area contributed by atoms with E-state index in [1.165, 1.54) is 0 Å². The summed E-state index contributed by atoms with van der Waals surface area (Å²) in [6.07, 6.45) is 3.69. The molecule has 0 spiro atoms. The molecule has 1 aliphatic carbocycles. The molecule has 3 N–H and O–H groups in total. The van der Waals surface area contributed by atoms with Gasteiger partial charge in [0.25, 0.3) is 0 Å². The molecule has 0 radical (unpaired) electrons.